The molecule has 0 saturated heterocycles. The molecule has 7 nitrogen and oxygen atoms in total. The minimum atomic E-state index is -3.50. The molecule has 24 heavy (non-hydrogen) atoms. The van der Waals surface area contributed by atoms with Crippen molar-refractivity contribution in [1.29, 1.82) is 0 Å². The Morgan fingerprint density at radius 3 is 1.21 bits per heavy atom. The summed E-state index contributed by atoms with van der Waals surface area (Å²) in [7, 11) is -2.02. The molecular weight excluding hydrogens is 326 g/mol. The Bertz CT molecular complexity index is 379. The van der Waals surface area contributed by atoms with Gasteiger partial charge in [-0.2, -0.15) is 0 Å². The first-order chi connectivity index (χ1) is 11.4. The van der Waals surface area contributed by atoms with Crippen LogP contribution in [0, 0.1) is 0 Å². The van der Waals surface area contributed by atoms with Crippen LogP contribution in [-0.2, 0) is 18.0 Å². The molecular formula is C16H33N3O4Si. The first-order valence-corrected chi connectivity index (χ1v) is 9.93. The van der Waals surface area contributed by atoms with Gasteiger partial charge in [-0.05, 0) is 40.0 Å². The second-order valence-corrected chi connectivity index (χ2v) is 7.22. The standard InChI is InChI=1S/C16H33N3O4Si/c1-8-11-14(4)17-21-24(20-7,22-18-15(5)12-9-2)23-19-16(6)13-10-3/h11-13,17-19H,8-10H2,1-7H3. The van der Waals surface area contributed by atoms with E-state index in [0.717, 1.165) is 36.4 Å². The SMILES string of the molecule is CCC=C(C)NO[Si](OC)(ONC(C)=CCC)ONC(C)=CCC. The zero-order chi connectivity index (χ0) is 18.4. The van der Waals surface area contributed by atoms with Crippen LogP contribution in [0.5, 0.6) is 0 Å². The maximum atomic E-state index is 5.62. The van der Waals surface area contributed by atoms with Gasteiger partial charge < -0.3 is 4.43 Å². The third-order valence-corrected chi connectivity index (χ3v) is 4.35. The normalized spacial score (nSPS) is 15.9. The Kier molecular flexibility index (Phi) is 12.3. The minimum absolute atomic E-state index is 0.847. The molecule has 0 aliphatic heterocycles. The van der Waals surface area contributed by atoms with Gasteiger partial charge in [-0.1, -0.05) is 39.0 Å². The molecule has 0 amide bonds. The summed E-state index contributed by atoms with van der Waals surface area (Å²) < 4.78 is 22.3. The van der Waals surface area contributed by atoms with E-state index in [1.54, 1.807) is 0 Å². The Balaban J connectivity index is 5.01. The lowest BCUT2D eigenvalue weighted by Gasteiger charge is -2.26. The molecule has 0 aliphatic rings. The molecule has 8 heteroatoms. The highest BCUT2D eigenvalue weighted by Crippen LogP contribution is 2.10. The van der Waals surface area contributed by atoms with E-state index in [9.17, 15) is 0 Å². The van der Waals surface area contributed by atoms with Crippen molar-refractivity contribution >= 4 is 9.05 Å². The van der Waals surface area contributed by atoms with Crippen LogP contribution in [0.2, 0.25) is 0 Å². The first kappa shape index (κ1) is 22.7. The van der Waals surface area contributed by atoms with Crippen LogP contribution < -0.4 is 16.4 Å². The second-order valence-electron chi connectivity index (χ2n) is 5.20. The molecule has 0 aromatic carbocycles. The van der Waals surface area contributed by atoms with E-state index in [-0.39, 0.29) is 0 Å². The summed E-state index contributed by atoms with van der Waals surface area (Å²) in [5.41, 5.74) is 11.0. The van der Waals surface area contributed by atoms with Crippen molar-refractivity contribution in [2.75, 3.05) is 7.11 Å². The molecule has 0 atom stereocenters. The molecule has 0 bridgehead atoms. The fraction of sp³-hybridized carbons (Fsp3) is 0.625. The highest BCUT2D eigenvalue weighted by molar-refractivity contribution is 6.53. The van der Waals surface area contributed by atoms with Crippen LogP contribution in [0.15, 0.2) is 35.3 Å². The van der Waals surface area contributed by atoms with Gasteiger partial charge in [0.2, 0.25) is 0 Å². The fourth-order valence-corrected chi connectivity index (χ4v) is 2.89. The monoisotopic (exact) mass is 359 g/mol. The Morgan fingerprint density at radius 1 is 0.708 bits per heavy atom. The summed E-state index contributed by atoms with van der Waals surface area (Å²) in [5, 5.41) is 0. The lowest BCUT2D eigenvalue weighted by Crippen LogP contribution is -2.56. The van der Waals surface area contributed by atoms with Crippen molar-refractivity contribution in [3.63, 3.8) is 0 Å². The molecule has 0 radical (unpaired) electrons. The Labute approximate surface area is 147 Å². The van der Waals surface area contributed by atoms with E-state index >= 15 is 0 Å². The Morgan fingerprint density at radius 2 is 1.00 bits per heavy atom. The van der Waals surface area contributed by atoms with Gasteiger partial charge in [-0.25, -0.2) is 13.6 Å². The van der Waals surface area contributed by atoms with Crippen LogP contribution in [-0.4, -0.2) is 16.2 Å². The van der Waals surface area contributed by atoms with Crippen molar-refractivity contribution < 1.29 is 18.0 Å². The summed E-state index contributed by atoms with van der Waals surface area (Å²) in [4.78, 5) is 0. The fourth-order valence-electron chi connectivity index (χ4n) is 1.66. The third kappa shape index (κ3) is 9.73. The lowest BCUT2D eigenvalue weighted by molar-refractivity contribution is -0.0825. The predicted octanol–water partition coefficient (Wildman–Crippen LogP) is 3.57. The van der Waals surface area contributed by atoms with Crippen molar-refractivity contribution in [3.05, 3.63) is 35.3 Å². The maximum Gasteiger partial charge on any atom is 0.746 e. The Hall–Kier alpha value is -1.32. The number of rotatable bonds is 13. The predicted molar refractivity (Wildman–Crippen MR) is 97.6 cm³/mol. The number of allylic oxidation sites excluding steroid dienone is 6. The van der Waals surface area contributed by atoms with Crippen molar-refractivity contribution in [2.24, 2.45) is 0 Å². The molecule has 140 valence electrons. The molecule has 0 saturated carbocycles. The highest BCUT2D eigenvalue weighted by atomic mass is 28.4. The average Bonchev–Trinajstić information content (AvgIpc) is 2.55. The second kappa shape index (κ2) is 13.0. The van der Waals surface area contributed by atoms with E-state index in [1.807, 2.05) is 59.8 Å². The summed E-state index contributed by atoms with van der Waals surface area (Å²) in [6.07, 6.45) is 8.62. The van der Waals surface area contributed by atoms with Crippen molar-refractivity contribution in [2.45, 2.75) is 60.8 Å². The maximum absolute atomic E-state index is 5.62. The molecule has 0 aromatic heterocycles. The van der Waals surface area contributed by atoms with Crippen LogP contribution in [0.25, 0.3) is 0 Å². The van der Waals surface area contributed by atoms with Crippen molar-refractivity contribution in [3.8, 4) is 0 Å². The topological polar surface area (TPSA) is 73.0 Å². The van der Waals surface area contributed by atoms with E-state index in [1.165, 1.54) is 7.11 Å². The van der Waals surface area contributed by atoms with Crippen LogP contribution in [0.3, 0.4) is 0 Å². The number of hydrogen-bond acceptors (Lipinski definition) is 7. The van der Waals surface area contributed by atoms with Gasteiger partial charge in [0, 0.05) is 24.2 Å². The van der Waals surface area contributed by atoms with Gasteiger partial charge in [-0.3, -0.25) is 16.4 Å². The smallest absolute Gasteiger partial charge is 0.351 e. The minimum Gasteiger partial charge on any atom is -0.351 e. The van der Waals surface area contributed by atoms with Gasteiger partial charge in [0.1, 0.15) is 0 Å². The quantitative estimate of drug-likeness (QED) is 0.343. The molecule has 0 aromatic rings. The summed E-state index contributed by atoms with van der Waals surface area (Å²) in [6, 6.07) is 0. The summed E-state index contributed by atoms with van der Waals surface area (Å²) >= 11 is 0. The van der Waals surface area contributed by atoms with Crippen LogP contribution in [0.1, 0.15) is 60.8 Å². The van der Waals surface area contributed by atoms with Gasteiger partial charge >= 0.3 is 9.05 Å². The van der Waals surface area contributed by atoms with E-state index < -0.39 is 9.05 Å². The molecule has 0 heterocycles. The summed E-state index contributed by atoms with van der Waals surface area (Å²) in [6.45, 7) is 11.8. The molecule has 3 N–H and O–H groups in total. The van der Waals surface area contributed by atoms with E-state index in [2.05, 4.69) is 16.4 Å². The molecule has 0 fully saturated rings. The van der Waals surface area contributed by atoms with Gasteiger partial charge in [0.05, 0.1) is 0 Å². The molecule has 0 aliphatic carbocycles. The average molecular weight is 360 g/mol. The number of hydrogen-bond donors (Lipinski definition) is 3. The third-order valence-electron chi connectivity index (χ3n) is 2.79. The van der Waals surface area contributed by atoms with Gasteiger partial charge in [0.15, 0.2) is 0 Å². The van der Waals surface area contributed by atoms with Crippen LogP contribution >= 0.6 is 0 Å². The van der Waals surface area contributed by atoms with Crippen molar-refractivity contribution in [1.82, 2.24) is 16.4 Å². The molecule has 0 spiro atoms. The van der Waals surface area contributed by atoms with E-state index in [4.69, 9.17) is 18.0 Å². The molecule has 0 unspecified atom stereocenters. The van der Waals surface area contributed by atoms with Crippen LogP contribution in [0.4, 0.5) is 0 Å². The zero-order valence-corrected chi connectivity index (χ0v) is 17.0. The lowest BCUT2D eigenvalue weighted by atomic mass is 10.4. The summed E-state index contributed by atoms with van der Waals surface area (Å²) in [5.74, 6) is 0. The van der Waals surface area contributed by atoms with E-state index in [0.29, 0.717) is 0 Å². The first-order valence-electron chi connectivity index (χ1n) is 8.30. The largest absolute Gasteiger partial charge is 0.746 e. The number of hydroxylamine groups is 3. The number of nitrogens with one attached hydrogen (secondary N) is 3. The highest BCUT2D eigenvalue weighted by Gasteiger charge is 2.49. The van der Waals surface area contributed by atoms with Gasteiger partial charge in [-0.15, -0.1) is 0 Å². The molecule has 0 rings (SSSR count). The zero-order valence-electron chi connectivity index (χ0n) is 16.0. The van der Waals surface area contributed by atoms with Gasteiger partial charge in [0.25, 0.3) is 0 Å².